The average Bonchev–Trinajstić information content (AvgIpc) is 2.29. The second-order valence-electron chi connectivity index (χ2n) is 6.01. The lowest BCUT2D eigenvalue weighted by Crippen LogP contribution is -2.37. The van der Waals surface area contributed by atoms with Gasteiger partial charge in [-0.2, -0.15) is 0 Å². The first-order valence-electron chi connectivity index (χ1n) is 6.50. The van der Waals surface area contributed by atoms with Gasteiger partial charge in [-0.1, -0.05) is 22.5 Å². The first-order valence-corrected chi connectivity index (χ1v) is 7.29. The van der Waals surface area contributed by atoms with Crippen molar-refractivity contribution in [1.29, 1.82) is 0 Å². The number of hydrogen-bond acceptors (Lipinski definition) is 2. The van der Waals surface area contributed by atoms with Crippen LogP contribution in [-0.4, -0.2) is 18.7 Å². The number of aryl methyl sites for hydroxylation is 2. The highest BCUT2D eigenvalue weighted by molar-refractivity contribution is 9.10. The SMILES string of the molecule is C=C(CNC(C)(C)C)COc1cc(C)c(Br)c(C)c1. The molecule has 0 saturated carbocycles. The molecule has 0 radical (unpaired) electrons. The van der Waals surface area contributed by atoms with Crippen LogP contribution in [0.5, 0.6) is 5.75 Å². The Kier molecular flexibility index (Phi) is 5.63. The van der Waals surface area contributed by atoms with E-state index >= 15 is 0 Å². The minimum absolute atomic E-state index is 0.105. The van der Waals surface area contributed by atoms with Crippen molar-refractivity contribution in [3.05, 3.63) is 39.9 Å². The number of halogens is 1. The molecule has 1 N–H and O–H groups in total. The molecule has 0 fully saturated rings. The molecule has 1 aromatic carbocycles. The molecule has 106 valence electrons. The van der Waals surface area contributed by atoms with Crippen LogP contribution in [0.15, 0.2) is 28.8 Å². The predicted molar refractivity (Wildman–Crippen MR) is 86.0 cm³/mol. The summed E-state index contributed by atoms with van der Waals surface area (Å²) in [5.41, 5.74) is 3.53. The fourth-order valence-electron chi connectivity index (χ4n) is 1.62. The second-order valence-corrected chi connectivity index (χ2v) is 6.81. The highest BCUT2D eigenvalue weighted by Gasteiger charge is 2.09. The summed E-state index contributed by atoms with van der Waals surface area (Å²) in [6.07, 6.45) is 0. The molecular formula is C16H24BrNO. The van der Waals surface area contributed by atoms with Gasteiger partial charge in [0.1, 0.15) is 12.4 Å². The monoisotopic (exact) mass is 325 g/mol. The van der Waals surface area contributed by atoms with Crippen LogP contribution in [0.4, 0.5) is 0 Å². The quantitative estimate of drug-likeness (QED) is 0.811. The zero-order valence-electron chi connectivity index (χ0n) is 12.6. The molecule has 0 heterocycles. The standard InChI is InChI=1S/C16H24BrNO/c1-11(9-18-16(4,5)6)10-19-14-7-12(2)15(17)13(3)8-14/h7-8,18H,1,9-10H2,2-6H3. The van der Waals surface area contributed by atoms with Gasteiger partial charge in [0.25, 0.3) is 0 Å². The van der Waals surface area contributed by atoms with E-state index in [1.165, 1.54) is 11.1 Å². The predicted octanol–water partition coefficient (Wildman–Crippen LogP) is 4.39. The first-order chi connectivity index (χ1) is 8.69. The molecule has 0 unspecified atom stereocenters. The topological polar surface area (TPSA) is 21.3 Å². The Bertz CT molecular complexity index is 437. The zero-order chi connectivity index (χ0) is 14.6. The van der Waals surface area contributed by atoms with Gasteiger partial charge in [-0.15, -0.1) is 0 Å². The second kappa shape index (κ2) is 6.58. The lowest BCUT2D eigenvalue weighted by atomic mass is 10.1. The van der Waals surface area contributed by atoms with E-state index in [2.05, 4.69) is 62.4 Å². The smallest absolute Gasteiger partial charge is 0.120 e. The van der Waals surface area contributed by atoms with Gasteiger partial charge in [-0.25, -0.2) is 0 Å². The number of rotatable bonds is 5. The number of nitrogens with one attached hydrogen (secondary N) is 1. The largest absolute Gasteiger partial charge is 0.489 e. The van der Waals surface area contributed by atoms with E-state index in [0.29, 0.717) is 6.61 Å². The highest BCUT2D eigenvalue weighted by atomic mass is 79.9. The van der Waals surface area contributed by atoms with Gasteiger partial charge >= 0.3 is 0 Å². The molecule has 0 bridgehead atoms. The third kappa shape index (κ3) is 5.79. The molecule has 0 amide bonds. The molecule has 0 aliphatic heterocycles. The van der Waals surface area contributed by atoms with Crippen molar-refractivity contribution in [2.75, 3.05) is 13.2 Å². The van der Waals surface area contributed by atoms with Gasteiger partial charge in [0.05, 0.1) is 0 Å². The Morgan fingerprint density at radius 2 is 1.79 bits per heavy atom. The minimum atomic E-state index is 0.105. The molecule has 0 aliphatic rings. The fourth-order valence-corrected chi connectivity index (χ4v) is 1.85. The molecule has 0 aliphatic carbocycles. The molecular weight excluding hydrogens is 302 g/mol. The normalized spacial score (nSPS) is 11.5. The molecule has 0 aromatic heterocycles. The van der Waals surface area contributed by atoms with Crippen LogP contribution in [0.3, 0.4) is 0 Å². The Morgan fingerprint density at radius 1 is 1.26 bits per heavy atom. The molecule has 3 heteroatoms. The molecule has 1 rings (SSSR count). The molecule has 0 saturated heterocycles. The molecule has 0 atom stereocenters. The van der Waals surface area contributed by atoms with Gasteiger partial charge in [0, 0.05) is 16.6 Å². The number of ether oxygens (including phenoxy) is 1. The summed E-state index contributed by atoms with van der Waals surface area (Å²) in [5, 5.41) is 3.40. The third-order valence-electron chi connectivity index (χ3n) is 2.72. The van der Waals surface area contributed by atoms with Gasteiger partial charge < -0.3 is 10.1 Å². The van der Waals surface area contributed by atoms with E-state index in [9.17, 15) is 0 Å². The first kappa shape index (κ1) is 16.3. The lowest BCUT2D eigenvalue weighted by molar-refractivity contribution is 0.341. The Labute approximate surface area is 125 Å². The van der Waals surface area contributed by atoms with Crippen LogP contribution in [0.2, 0.25) is 0 Å². The molecule has 1 aromatic rings. The van der Waals surface area contributed by atoms with Crippen molar-refractivity contribution >= 4 is 15.9 Å². The maximum atomic E-state index is 5.79. The van der Waals surface area contributed by atoms with Crippen molar-refractivity contribution in [3.63, 3.8) is 0 Å². The molecule has 0 spiro atoms. The van der Waals surface area contributed by atoms with Crippen LogP contribution in [0.25, 0.3) is 0 Å². The van der Waals surface area contributed by atoms with E-state index in [1.807, 2.05) is 12.1 Å². The number of hydrogen-bond donors (Lipinski definition) is 1. The van der Waals surface area contributed by atoms with E-state index in [4.69, 9.17) is 4.74 Å². The zero-order valence-corrected chi connectivity index (χ0v) is 14.1. The summed E-state index contributed by atoms with van der Waals surface area (Å²) in [4.78, 5) is 0. The molecule has 19 heavy (non-hydrogen) atoms. The minimum Gasteiger partial charge on any atom is -0.489 e. The van der Waals surface area contributed by atoms with Crippen molar-refractivity contribution in [1.82, 2.24) is 5.32 Å². The third-order valence-corrected chi connectivity index (χ3v) is 3.97. The summed E-state index contributed by atoms with van der Waals surface area (Å²) < 4.78 is 6.94. The van der Waals surface area contributed by atoms with Crippen LogP contribution < -0.4 is 10.1 Å². The Balaban J connectivity index is 2.51. The number of benzene rings is 1. The summed E-state index contributed by atoms with van der Waals surface area (Å²) in [5.74, 6) is 0.898. The maximum absolute atomic E-state index is 5.79. The summed E-state index contributed by atoms with van der Waals surface area (Å²) >= 11 is 3.56. The lowest BCUT2D eigenvalue weighted by Gasteiger charge is -2.21. The van der Waals surface area contributed by atoms with Crippen LogP contribution >= 0.6 is 15.9 Å². The molecule has 2 nitrogen and oxygen atoms in total. The van der Waals surface area contributed by atoms with Crippen molar-refractivity contribution in [3.8, 4) is 5.75 Å². The van der Waals surface area contributed by atoms with Gasteiger partial charge in [0.2, 0.25) is 0 Å². The highest BCUT2D eigenvalue weighted by Crippen LogP contribution is 2.26. The maximum Gasteiger partial charge on any atom is 0.120 e. The van der Waals surface area contributed by atoms with Crippen molar-refractivity contribution in [2.45, 2.75) is 40.2 Å². The summed E-state index contributed by atoms with van der Waals surface area (Å²) in [6, 6.07) is 4.09. The fraction of sp³-hybridized carbons (Fsp3) is 0.500. The summed E-state index contributed by atoms with van der Waals surface area (Å²) in [7, 11) is 0. The van der Waals surface area contributed by atoms with Crippen LogP contribution in [0.1, 0.15) is 31.9 Å². The Hall–Kier alpha value is -0.800. The van der Waals surface area contributed by atoms with E-state index in [-0.39, 0.29) is 5.54 Å². The summed E-state index contributed by atoms with van der Waals surface area (Å²) in [6.45, 7) is 15.9. The average molecular weight is 326 g/mol. The van der Waals surface area contributed by atoms with Crippen molar-refractivity contribution < 1.29 is 4.74 Å². The van der Waals surface area contributed by atoms with E-state index < -0.39 is 0 Å². The van der Waals surface area contributed by atoms with Crippen LogP contribution in [0, 0.1) is 13.8 Å². The van der Waals surface area contributed by atoms with E-state index in [1.54, 1.807) is 0 Å². The van der Waals surface area contributed by atoms with Gasteiger partial charge in [-0.05, 0) is 63.5 Å². The van der Waals surface area contributed by atoms with Crippen molar-refractivity contribution in [2.24, 2.45) is 0 Å². The van der Waals surface area contributed by atoms with E-state index in [0.717, 1.165) is 22.3 Å². The van der Waals surface area contributed by atoms with Gasteiger partial charge in [-0.3, -0.25) is 0 Å². The van der Waals surface area contributed by atoms with Gasteiger partial charge in [0.15, 0.2) is 0 Å². The Morgan fingerprint density at radius 3 is 2.26 bits per heavy atom. The van der Waals surface area contributed by atoms with Crippen LogP contribution in [-0.2, 0) is 0 Å².